The lowest BCUT2D eigenvalue weighted by molar-refractivity contribution is 0.574. The summed E-state index contributed by atoms with van der Waals surface area (Å²) in [5, 5.41) is 6.76. The lowest BCUT2D eigenvalue weighted by Gasteiger charge is -2.16. The summed E-state index contributed by atoms with van der Waals surface area (Å²) in [5.74, 6) is 1.14. The fourth-order valence-corrected chi connectivity index (χ4v) is 3.31. The van der Waals surface area contributed by atoms with E-state index in [1.807, 2.05) is 61.5 Å². The third kappa shape index (κ3) is 3.89. The smallest absolute Gasteiger partial charge is 0.299 e. The summed E-state index contributed by atoms with van der Waals surface area (Å²) in [6.45, 7) is 2.01. The molecule has 0 amide bonds. The second-order valence-corrected chi connectivity index (χ2v) is 6.90. The van der Waals surface area contributed by atoms with Crippen LogP contribution < -0.4 is 10.6 Å². The van der Waals surface area contributed by atoms with Crippen molar-refractivity contribution in [1.82, 2.24) is 15.0 Å². The van der Waals surface area contributed by atoms with Crippen LogP contribution in [0, 0.1) is 6.92 Å². The van der Waals surface area contributed by atoms with Crippen molar-refractivity contribution in [1.29, 1.82) is 0 Å². The van der Waals surface area contributed by atoms with E-state index in [1.54, 1.807) is 31.1 Å². The molecule has 0 spiro atoms. The quantitative estimate of drug-likeness (QED) is 0.346. The second-order valence-electron chi connectivity index (χ2n) is 6.90. The molecule has 0 fully saturated rings. The number of hydrogen-bond acceptors (Lipinski definition) is 7. The lowest BCUT2D eigenvalue weighted by atomic mass is 10.0. The minimum absolute atomic E-state index is 0.375. The molecule has 152 valence electrons. The number of hydrogen-bond donors (Lipinski definition) is 2. The van der Waals surface area contributed by atoms with Gasteiger partial charge in [-0.1, -0.05) is 24.3 Å². The molecule has 0 saturated heterocycles. The Hall–Kier alpha value is -4.39. The molecule has 31 heavy (non-hydrogen) atoms. The first-order valence-corrected chi connectivity index (χ1v) is 9.77. The van der Waals surface area contributed by atoms with Crippen LogP contribution in [0.2, 0.25) is 0 Å². The predicted octanol–water partition coefficient (Wildman–Crippen LogP) is 6.19. The van der Waals surface area contributed by atoms with Crippen molar-refractivity contribution in [2.75, 3.05) is 10.6 Å². The SMILES string of the molecule is Cc1ccc(Nc2ccccc2)c(-c2ncco2)c1Nc1ncc(-c2ccncc2)o1. The first-order valence-electron chi connectivity index (χ1n) is 9.77. The first kappa shape index (κ1) is 18.6. The van der Waals surface area contributed by atoms with Gasteiger partial charge in [0.25, 0.3) is 6.01 Å². The van der Waals surface area contributed by atoms with Crippen molar-refractivity contribution in [3.05, 3.63) is 91.2 Å². The number of oxazole rings is 2. The van der Waals surface area contributed by atoms with E-state index in [2.05, 4.69) is 25.6 Å². The van der Waals surface area contributed by atoms with Crippen molar-refractivity contribution >= 4 is 23.1 Å². The Labute approximate surface area is 178 Å². The molecule has 5 rings (SSSR count). The van der Waals surface area contributed by atoms with Crippen molar-refractivity contribution in [2.45, 2.75) is 6.92 Å². The third-order valence-electron chi connectivity index (χ3n) is 4.82. The third-order valence-corrected chi connectivity index (χ3v) is 4.82. The van der Waals surface area contributed by atoms with Gasteiger partial charge in [0, 0.05) is 23.6 Å². The fourth-order valence-electron chi connectivity index (χ4n) is 3.31. The normalized spacial score (nSPS) is 10.7. The van der Waals surface area contributed by atoms with E-state index in [0.717, 1.165) is 33.8 Å². The van der Waals surface area contributed by atoms with E-state index in [9.17, 15) is 0 Å². The van der Waals surface area contributed by atoms with Gasteiger partial charge in [0.05, 0.1) is 29.3 Å². The number of nitrogens with zero attached hydrogens (tertiary/aromatic N) is 3. The largest absolute Gasteiger partial charge is 0.444 e. The van der Waals surface area contributed by atoms with Gasteiger partial charge in [-0.15, -0.1) is 0 Å². The van der Waals surface area contributed by atoms with Crippen LogP contribution in [0.15, 0.2) is 94.5 Å². The monoisotopic (exact) mass is 409 g/mol. The molecule has 3 aromatic heterocycles. The molecule has 0 bridgehead atoms. The highest BCUT2D eigenvalue weighted by molar-refractivity contribution is 5.90. The minimum atomic E-state index is 0.375. The number of pyridine rings is 1. The summed E-state index contributed by atoms with van der Waals surface area (Å²) < 4.78 is 11.6. The Bertz CT molecular complexity index is 1280. The van der Waals surface area contributed by atoms with Gasteiger partial charge in [0.1, 0.15) is 6.26 Å². The average Bonchev–Trinajstić information content (AvgIpc) is 3.50. The zero-order valence-corrected chi connectivity index (χ0v) is 16.7. The van der Waals surface area contributed by atoms with E-state index in [4.69, 9.17) is 8.83 Å². The van der Waals surface area contributed by atoms with Gasteiger partial charge in [-0.25, -0.2) is 9.97 Å². The predicted molar refractivity (Wildman–Crippen MR) is 119 cm³/mol. The standard InChI is InChI=1S/C24H19N5O2/c1-16-7-8-19(28-18-5-3-2-4-6-18)21(23-26-13-14-30-23)22(16)29-24-27-15-20(31-24)17-9-11-25-12-10-17/h2-15,28H,1H3,(H,27,29). The van der Waals surface area contributed by atoms with Crippen molar-refractivity contribution < 1.29 is 8.83 Å². The summed E-state index contributed by atoms with van der Waals surface area (Å²) in [7, 11) is 0. The van der Waals surface area contributed by atoms with Gasteiger partial charge in [-0.3, -0.25) is 4.98 Å². The van der Waals surface area contributed by atoms with Crippen LogP contribution in [-0.4, -0.2) is 15.0 Å². The number of rotatable bonds is 6. The summed E-state index contributed by atoms with van der Waals surface area (Å²) in [6.07, 6.45) is 8.30. The number of nitrogens with one attached hydrogen (secondary N) is 2. The van der Waals surface area contributed by atoms with Crippen LogP contribution >= 0.6 is 0 Å². The van der Waals surface area contributed by atoms with Crippen LogP contribution in [0.25, 0.3) is 22.8 Å². The van der Waals surface area contributed by atoms with E-state index in [0.29, 0.717) is 17.7 Å². The molecular weight excluding hydrogens is 390 g/mol. The zero-order chi connectivity index (χ0) is 21.0. The van der Waals surface area contributed by atoms with Crippen molar-refractivity contribution in [3.8, 4) is 22.8 Å². The summed E-state index contributed by atoms with van der Waals surface area (Å²) in [5.41, 5.74) is 5.29. The van der Waals surface area contributed by atoms with Crippen molar-refractivity contribution in [3.63, 3.8) is 0 Å². The maximum Gasteiger partial charge on any atom is 0.299 e. The van der Waals surface area contributed by atoms with Gasteiger partial charge in [0.15, 0.2) is 5.76 Å². The molecule has 0 aliphatic carbocycles. The first-order chi connectivity index (χ1) is 15.3. The Morgan fingerprint density at radius 3 is 2.45 bits per heavy atom. The molecule has 2 aromatic carbocycles. The summed E-state index contributed by atoms with van der Waals surface area (Å²) in [4.78, 5) is 12.8. The molecule has 0 atom stereocenters. The zero-order valence-electron chi connectivity index (χ0n) is 16.7. The van der Waals surface area contributed by atoms with Crippen LogP contribution in [0.5, 0.6) is 0 Å². The topological polar surface area (TPSA) is 89.0 Å². The molecular formula is C24H19N5O2. The lowest BCUT2D eigenvalue weighted by Crippen LogP contribution is -2.01. The molecule has 7 nitrogen and oxygen atoms in total. The summed E-state index contributed by atoms with van der Waals surface area (Å²) in [6, 6.07) is 18.1. The fraction of sp³-hybridized carbons (Fsp3) is 0.0417. The molecule has 0 unspecified atom stereocenters. The molecule has 2 N–H and O–H groups in total. The Kier molecular flexibility index (Phi) is 4.90. The number of aryl methyl sites for hydroxylation is 1. The van der Waals surface area contributed by atoms with Gasteiger partial charge < -0.3 is 19.5 Å². The minimum Gasteiger partial charge on any atom is -0.444 e. The Balaban J connectivity index is 1.55. The average molecular weight is 409 g/mol. The summed E-state index contributed by atoms with van der Waals surface area (Å²) >= 11 is 0. The van der Waals surface area contributed by atoms with Crippen LogP contribution in [-0.2, 0) is 0 Å². The highest BCUT2D eigenvalue weighted by Gasteiger charge is 2.19. The molecule has 0 aliphatic heterocycles. The molecule has 7 heteroatoms. The Morgan fingerprint density at radius 2 is 1.68 bits per heavy atom. The highest BCUT2D eigenvalue weighted by Crippen LogP contribution is 2.40. The number of anilines is 4. The molecule has 0 saturated carbocycles. The van der Waals surface area contributed by atoms with Crippen molar-refractivity contribution in [2.24, 2.45) is 0 Å². The Morgan fingerprint density at radius 1 is 0.839 bits per heavy atom. The highest BCUT2D eigenvalue weighted by atomic mass is 16.4. The van der Waals surface area contributed by atoms with Gasteiger partial charge in [-0.05, 0) is 42.8 Å². The van der Waals surface area contributed by atoms with E-state index in [1.165, 1.54) is 0 Å². The van der Waals surface area contributed by atoms with E-state index in [-0.39, 0.29) is 0 Å². The molecule has 0 radical (unpaired) electrons. The van der Waals surface area contributed by atoms with Crippen LogP contribution in [0.4, 0.5) is 23.1 Å². The van der Waals surface area contributed by atoms with Gasteiger partial charge >= 0.3 is 0 Å². The second kappa shape index (κ2) is 8.16. The van der Waals surface area contributed by atoms with Gasteiger partial charge in [0.2, 0.25) is 5.89 Å². The van der Waals surface area contributed by atoms with Crippen LogP contribution in [0.3, 0.4) is 0 Å². The van der Waals surface area contributed by atoms with Crippen LogP contribution in [0.1, 0.15) is 5.56 Å². The molecule has 3 heterocycles. The van der Waals surface area contributed by atoms with E-state index >= 15 is 0 Å². The van der Waals surface area contributed by atoms with Gasteiger partial charge in [-0.2, -0.15) is 0 Å². The molecule has 5 aromatic rings. The number of aromatic nitrogens is 3. The maximum absolute atomic E-state index is 5.94. The maximum atomic E-state index is 5.94. The van der Waals surface area contributed by atoms with E-state index < -0.39 is 0 Å². The number of benzene rings is 2. The molecule has 0 aliphatic rings. The number of para-hydroxylation sites is 1.